The zero-order chi connectivity index (χ0) is 31.3. The fourth-order valence-electron chi connectivity index (χ4n) is 11.3. The van der Waals surface area contributed by atoms with Gasteiger partial charge in [-0.2, -0.15) is 5.26 Å². The SMILES string of the molecule is CC1(C)CC[C@]2(CNC(=O)OC(C)(C)C)CC[C@]3(C)[C@H](C(=O)CC4[C@@]5(C)C=C(C#N)C(=O)C(C)(C)C5CC[C@]43C)[C@H]2C1. The van der Waals surface area contributed by atoms with Gasteiger partial charge in [-0.1, -0.05) is 54.5 Å². The molecule has 1 amide bonds. The second kappa shape index (κ2) is 9.42. The molecular weight excluding hydrogens is 524 g/mol. The Morgan fingerprint density at radius 1 is 0.976 bits per heavy atom. The predicted molar refractivity (Wildman–Crippen MR) is 163 cm³/mol. The van der Waals surface area contributed by atoms with Crippen LogP contribution in [0, 0.1) is 67.5 Å². The number of hydrogen-bond donors (Lipinski definition) is 1. The van der Waals surface area contributed by atoms with E-state index in [4.69, 9.17) is 4.74 Å². The molecule has 0 radical (unpaired) electrons. The molecule has 5 aliphatic carbocycles. The number of ether oxygens (including phenoxy) is 1. The van der Waals surface area contributed by atoms with Gasteiger partial charge in [-0.15, -0.1) is 0 Å². The minimum atomic E-state index is -0.626. The Bertz CT molecular complexity index is 1270. The van der Waals surface area contributed by atoms with Crippen molar-refractivity contribution >= 4 is 17.7 Å². The summed E-state index contributed by atoms with van der Waals surface area (Å²) in [5.41, 5.74) is -1.58. The van der Waals surface area contributed by atoms with Gasteiger partial charge in [0.05, 0.1) is 5.57 Å². The van der Waals surface area contributed by atoms with Crippen molar-refractivity contribution in [1.82, 2.24) is 5.32 Å². The maximum absolute atomic E-state index is 14.7. The minimum Gasteiger partial charge on any atom is -0.444 e. The second-order valence-electron chi connectivity index (χ2n) is 17.9. The molecule has 6 heteroatoms. The fourth-order valence-corrected chi connectivity index (χ4v) is 11.3. The summed E-state index contributed by atoms with van der Waals surface area (Å²) in [5.74, 6) is 0.622. The summed E-state index contributed by atoms with van der Waals surface area (Å²) in [6, 6.07) is 2.22. The number of carbonyl (C=O) groups is 3. The number of nitrogens with one attached hydrogen (secondary N) is 1. The molecule has 0 aliphatic heterocycles. The summed E-state index contributed by atoms with van der Waals surface area (Å²) in [5, 5.41) is 13.1. The van der Waals surface area contributed by atoms with E-state index in [0.29, 0.717) is 18.7 Å². The lowest BCUT2D eigenvalue weighted by atomic mass is 9.31. The summed E-state index contributed by atoms with van der Waals surface area (Å²) in [6.07, 6.45) is 9.01. The van der Waals surface area contributed by atoms with Crippen LogP contribution in [0.15, 0.2) is 11.6 Å². The molecule has 2 unspecified atom stereocenters. The first kappa shape index (κ1) is 31.3. The van der Waals surface area contributed by atoms with Gasteiger partial charge in [0.25, 0.3) is 0 Å². The molecular formula is C36H54N2O4. The summed E-state index contributed by atoms with van der Waals surface area (Å²) in [6.45, 7) is 22.0. The van der Waals surface area contributed by atoms with Gasteiger partial charge in [0.2, 0.25) is 0 Å². The first-order valence-electron chi connectivity index (χ1n) is 16.3. The number of amides is 1. The van der Waals surface area contributed by atoms with Crippen LogP contribution in [0.3, 0.4) is 0 Å². The van der Waals surface area contributed by atoms with E-state index in [9.17, 15) is 19.6 Å². The highest BCUT2D eigenvalue weighted by molar-refractivity contribution is 6.04. The Morgan fingerprint density at radius 3 is 2.24 bits per heavy atom. The Labute approximate surface area is 253 Å². The van der Waals surface area contributed by atoms with Crippen molar-refractivity contribution in [2.24, 2.45) is 56.2 Å². The molecule has 0 bridgehead atoms. The molecule has 8 atom stereocenters. The summed E-state index contributed by atoms with van der Waals surface area (Å²) in [7, 11) is 0. The molecule has 0 aromatic carbocycles. The number of fused-ring (bicyclic) bond motifs is 7. The number of ketones is 2. The van der Waals surface area contributed by atoms with Crippen LogP contribution in [0.2, 0.25) is 0 Å². The van der Waals surface area contributed by atoms with E-state index in [2.05, 4.69) is 46.0 Å². The largest absolute Gasteiger partial charge is 0.444 e. The molecule has 1 N–H and O–H groups in total. The molecule has 6 nitrogen and oxygen atoms in total. The van der Waals surface area contributed by atoms with Gasteiger partial charge in [-0.3, -0.25) is 9.59 Å². The van der Waals surface area contributed by atoms with Crippen LogP contribution in [0.4, 0.5) is 4.79 Å². The molecule has 0 spiro atoms. The van der Waals surface area contributed by atoms with Crippen molar-refractivity contribution in [2.45, 2.75) is 126 Å². The quantitative estimate of drug-likeness (QED) is 0.360. The highest BCUT2D eigenvalue weighted by Gasteiger charge is 2.72. The lowest BCUT2D eigenvalue weighted by molar-refractivity contribution is -0.222. The zero-order valence-electron chi connectivity index (χ0n) is 27.8. The third kappa shape index (κ3) is 4.42. The van der Waals surface area contributed by atoms with Crippen LogP contribution in [-0.2, 0) is 14.3 Å². The average Bonchev–Trinajstić information content (AvgIpc) is 2.85. The Morgan fingerprint density at radius 2 is 1.62 bits per heavy atom. The van der Waals surface area contributed by atoms with E-state index in [0.717, 1.165) is 44.9 Å². The Hall–Kier alpha value is -2.16. The van der Waals surface area contributed by atoms with E-state index >= 15 is 0 Å². The van der Waals surface area contributed by atoms with E-state index in [1.165, 1.54) is 0 Å². The third-order valence-electron chi connectivity index (χ3n) is 13.6. The predicted octanol–water partition coefficient (Wildman–Crippen LogP) is 7.81. The van der Waals surface area contributed by atoms with Gasteiger partial charge < -0.3 is 10.1 Å². The van der Waals surface area contributed by atoms with Gasteiger partial charge >= 0.3 is 6.09 Å². The third-order valence-corrected chi connectivity index (χ3v) is 13.6. The minimum absolute atomic E-state index is 0.0494. The number of nitriles is 1. The molecule has 5 aliphatic rings. The van der Waals surface area contributed by atoms with Gasteiger partial charge in [0.1, 0.15) is 17.5 Å². The van der Waals surface area contributed by atoms with Crippen LogP contribution in [0.5, 0.6) is 0 Å². The molecule has 42 heavy (non-hydrogen) atoms. The maximum Gasteiger partial charge on any atom is 0.407 e. The van der Waals surface area contributed by atoms with E-state index in [1.54, 1.807) is 0 Å². The zero-order valence-corrected chi connectivity index (χ0v) is 27.8. The van der Waals surface area contributed by atoms with Crippen molar-refractivity contribution in [3.8, 4) is 6.07 Å². The fraction of sp³-hybridized carbons (Fsp3) is 0.833. The number of Topliss-reactive ketones (excluding diaryl/α,β-unsaturated/α-hetero) is 2. The number of nitrogens with zero attached hydrogens (tertiary/aromatic N) is 1. The van der Waals surface area contributed by atoms with Crippen LogP contribution in [0.1, 0.15) is 121 Å². The number of carbonyl (C=O) groups excluding carboxylic acids is 3. The lowest BCUT2D eigenvalue weighted by Crippen LogP contribution is -2.69. The molecule has 5 rings (SSSR count). The van der Waals surface area contributed by atoms with E-state index in [-0.39, 0.29) is 62.8 Å². The average molecular weight is 579 g/mol. The van der Waals surface area contributed by atoms with Crippen molar-refractivity contribution < 1.29 is 19.1 Å². The molecule has 4 fully saturated rings. The Kier molecular flexibility index (Phi) is 7.01. The Balaban J connectivity index is 1.54. The molecule has 0 aromatic heterocycles. The van der Waals surface area contributed by atoms with Crippen molar-refractivity contribution in [3.05, 3.63) is 11.6 Å². The number of alkyl carbamates (subject to hydrolysis) is 1. The van der Waals surface area contributed by atoms with Crippen LogP contribution >= 0.6 is 0 Å². The van der Waals surface area contributed by atoms with Gasteiger partial charge in [-0.05, 0) is 111 Å². The standard InChI is InChI=1S/C36H54N2O4/c1-30(2,3)42-29(41)38-21-36-15-13-31(4,5)19-23(36)27-24(39)17-26-33(8)18-22(20-37)28(40)32(6,7)25(33)11-12-34(26,9)35(27,10)14-16-36/h18,23,25-27H,11-17,19,21H2,1-10H3,(H,38,41)/t23-,25?,26?,27+,33+,34-,35-,36-/m1/s1. The smallest absolute Gasteiger partial charge is 0.407 e. The van der Waals surface area contributed by atoms with E-state index in [1.807, 2.05) is 40.7 Å². The highest BCUT2D eigenvalue weighted by Crippen LogP contribution is 2.75. The summed E-state index contributed by atoms with van der Waals surface area (Å²) < 4.78 is 5.61. The second-order valence-corrected chi connectivity index (χ2v) is 17.9. The topological polar surface area (TPSA) is 96.3 Å². The number of rotatable bonds is 2. The van der Waals surface area contributed by atoms with Crippen molar-refractivity contribution in [3.63, 3.8) is 0 Å². The van der Waals surface area contributed by atoms with Crippen LogP contribution in [-0.4, -0.2) is 29.8 Å². The number of allylic oxidation sites excluding steroid dienone is 2. The van der Waals surface area contributed by atoms with Crippen LogP contribution < -0.4 is 5.32 Å². The lowest BCUT2D eigenvalue weighted by Gasteiger charge is -2.72. The van der Waals surface area contributed by atoms with Gasteiger partial charge in [0.15, 0.2) is 5.78 Å². The van der Waals surface area contributed by atoms with Crippen LogP contribution in [0.25, 0.3) is 0 Å². The summed E-state index contributed by atoms with van der Waals surface area (Å²) in [4.78, 5) is 40.8. The molecule has 0 aromatic rings. The summed E-state index contributed by atoms with van der Waals surface area (Å²) >= 11 is 0. The first-order chi connectivity index (χ1) is 19.2. The highest BCUT2D eigenvalue weighted by atomic mass is 16.6. The van der Waals surface area contributed by atoms with Crippen molar-refractivity contribution in [1.29, 1.82) is 5.26 Å². The molecule has 0 heterocycles. The monoisotopic (exact) mass is 578 g/mol. The molecule has 232 valence electrons. The van der Waals surface area contributed by atoms with Gasteiger partial charge in [-0.25, -0.2) is 4.79 Å². The first-order valence-corrected chi connectivity index (χ1v) is 16.3. The van der Waals surface area contributed by atoms with Gasteiger partial charge in [0, 0.05) is 24.3 Å². The number of hydrogen-bond acceptors (Lipinski definition) is 5. The normalized spacial score (nSPS) is 43.9. The van der Waals surface area contributed by atoms with Crippen molar-refractivity contribution in [2.75, 3.05) is 6.54 Å². The maximum atomic E-state index is 14.7. The van der Waals surface area contributed by atoms with E-state index < -0.39 is 16.4 Å². The molecule has 0 saturated heterocycles. The molecule has 4 saturated carbocycles.